The molecule has 1 aromatic rings. The van der Waals surface area contributed by atoms with Gasteiger partial charge in [0, 0.05) is 18.0 Å². The lowest BCUT2D eigenvalue weighted by molar-refractivity contribution is -0.00889. The summed E-state index contributed by atoms with van der Waals surface area (Å²) in [6, 6.07) is 0.0726. The SMILES string of the molecule is CCc1csc(NC(=O)N[C@H]2CCO[C@H](C3CC3)C2)n1. The van der Waals surface area contributed by atoms with Crippen LogP contribution in [0.25, 0.3) is 0 Å². The first-order chi connectivity index (χ1) is 9.74. The van der Waals surface area contributed by atoms with Crippen LogP contribution in [-0.2, 0) is 11.2 Å². The highest BCUT2D eigenvalue weighted by molar-refractivity contribution is 7.13. The molecule has 0 unspecified atom stereocenters. The van der Waals surface area contributed by atoms with E-state index in [-0.39, 0.29) is 12.1 Å². The summed E-state index contributed by atoms with van der Waals surface area (Å²) in [4.78, 5) is 16.3. The molecule has 110 valence electrons. The lowest BCUT2D eigenvalue weighted by atomic mass is 10.0. The predicted molar refractivity (Wildman–Crippen MR) is 79.1 cm³/mol. The number of anilines is 1. The van der Waals surface area contributed by atoms with Crippen LogP contribution in [0.5, 0.6) is 0 Å². The maximum absolute atomic E-state index is 12.0. The number of amides is 2. The minimum absolute atomic E-state index is 0.150. The van der Waals surface area contributed by atoms with Crippen LogP contribution in [0.4, 0.5) is 9.93 Å². The van der Waals surface area contributed by atoms with Crippen LogP contribution in [0.2, 0.25) is 0 Å². The smallest absolute Gasteiger partial charge is 0.321 e. The van der Waals surface area contributed by atoms with Gasteiger partial charge in [-0.2, -0.15) is 0 Å². The molecule has 1 saturated carbocycles. The van der Waals surface area contributed by atoms with E-state index in [0.717, 1.165) is 37.5 Å². The molecule has 1 aromatic heterocycles. The van der Waals surface area contributed by atoms with Gasteiger partial charge < -0.3 is 10.1 Å². The van der Waals surface area contributed by atoms with Crippen molar-refractivity contribution < 1.29 is 9.53 Å². The van der Waals surface area contributed by atoms with E-state index < -0.39 is 0 Å². The van der Waals surface area contributed by atoms with Crippen LogP contribution >= 0.6 is 11.3 Å². The number of aromatic nitrogens is 1. The van der Waals surface area contributed by atoms with Crippen molar-refractivity contribution in [1.29, 1.82) is 0 Å². The summed E-state index contributed by atoms with van der Waals surface area (Å²) in [7, 11) is 0. The van der Waals surface area contributed by atoms with Gasteiger partial charge in [-0.1, -0.05) is 6.92 Å². The van der Waals surface area contributed by atoms with Crippen LogP contribution in [0.1, 0.15) is 38.3 Å². The van der Waals surface area contributed by atoms with Gasteiger partial charge >= 0.3 is 6.03 Å². The summed E-state index contributed by atoms with van der Waals surface area (Å²) in [6.07, 6.45) is 5.64. The fourth-order valence-electron chi connectivity index (χ4n) is 2.60. The summed E-state index contributed by atoms with van der Waals surface area (Å²) in [6.45, 7) is 2.81. The molecule has 6 heteroatoms. The van der Waals surface area contributed by atoms with Gasteiger partial charge in [0.25, 0.3) is 0 Å². The minimum atomic E-state index is -0.150. The number of nitrogens with zero attached hydrogens (tertiary/aromatic N) is 1. The van der Waals surface area contributed by atoms with Gasteiger partial charge in [0.1, 0.15) is 0 Å². The average Bonchev–Trinajstić information content (AvgIpc) is 3.20. The van der Waals surface area contributed by atoms with Crippen molar-refractivity contribution in [2.45, 2.75) is 51.2 Å². The van der Waals surface area contributed by atoms with Crippen LogP contribution in [0.3, 0.4) is 0 Å². The minimum Gasteiger partial charge on any atom is -0.378 e. The molecule has 2 N–H and O–H groups in total. The lowest BCUT2D eigenvalue weighted by Crippen LogP contribution is -2.44. The molecular formula is C14H21N3O2S. The maximum Gasteiger partial charge on any atom is 0.321 e. The van der Waals surface area contributed by atoms with Gasteiger partial charge in [-0.3, -0.25) is 5.32 Å². The molecule has 0 bridgehead atoms. The molecule has 1 saturated heterocycles. The zero-order valence-electron chi connectivity index (χ0n) is 11.7. The third-order valence-electron chi connectivity index (χ3n) is 3.93. The van der Waals surface area contributed by atoms with E-state index in [9.17, 15) is 4.79 Å². The van der Waals surface area contributed by atoms with E-state index in [1.807, 2.05) is 5.38 Å². The monoisotopic (exact) mass is 295 g/mol. The van der Waals surface area contributed by atoms with Gasteiger partial charge in [0.05, 0.1) is 11.8 Å². The van der Waals surface area contributed by atoms with E-state index in [2.05, 4.69) is 22.5 Å². The second-order valence-electron chi connectivity index (χ2n) is 5.56. The van der Waals surface area contributed by atoms with Gasteiger partial charge in [-0.05, 0) is 38.0 Å². The molecule has 2 amide bonds. The molecule has 2 aliphatic rings. The van der Waals surface area contributed by atoms with Crippen LogP contribution in [-0.4, -0.2) is 29.8 Å². The summed E-state index contributed by atoms with van der Waals surface area (Å²) in [5.74, 6) is 0.730. The molecule has 20 heavy (non-hydrogen) atoms. The van der Waals surface area contributed by atoms with Crippen molar-refractivity contribution in [3.63, 3.8) is 0 Å². The summed E-state index contributed by atoms with van der Waals surface area (Å²) in [5.41, 5.74) is 1.02. The molecule has 5 nitrogen and oxygen atoms in total. The van der Waals surface area contributed by atoms with Crippen molar-refractivity contribution in [1.82, 2.24) is 10.3 Å². The Balaban J connectivity index is 1.47. The first-order valence-electron chi connectivity index (χ1n) is 7.38. The van der Waals surface area contributed by atoms with Crippen molar-refractivity contribution >= 4 is 22.5 Å². The molecule has 0 radical (unpaired) electrons. The van der Waals surface area contributed by atoms with Gasteiger partial charge in [0.2, 0.25) is 0 Å². The van der Waals surface area contributed by atoms with Crippen molar-refractivity contribution in [3.8, 4) is 0 Å². The lowest BCUT2D eigenvalue weighted by Gasteiger charge is -2.30. The Labute approximate surface area is 123 Å². The normalized spacial score (nSPS) is 26.2. The number of rotatable bonds is 4. The molecule has 2 fully saturated rings. The van der Waals surface area contributed by atoms with E-state index in [0.29, 0.717) is 11.2 Å². The zero-order valence-corrected chi connectivity index (χ0v) is 12.5. The molecule has 1 aliphatic carbocycles. The first-order valence-corrected chi connectivity index (χ1v) is 8.26. The standard InChI is InChI=1S/C14H21N3O2S/c1-2-10-8-20-14(16-10)17-13(18)15-11-5-6-19-12(7-11)9-3-4-9/h8-9,11-12H,2-7H2,1H3,(H2,15,16,17,18)/t11-,12-/m0/s1. The number of carbonyl (C=O) groups is 1. The van der Waals surface area contributed by atoms with E-state index in [1.165, 1.54) is 24.2 Å². The number of thiazole rings is 1. The highest BCUT2D eigenvalue weighted by Crippen LogP contribution is 2.38. The number of urea groups is 1. The molecule has 2 atom stereocenters. The molecule has 1 aliphatic heterocycles. The fraction of sp³-hybridized carbons (Fsp3) is 0.714. The van der Waals surface area contributed by atoms with E-state index >= 15 is 0 Å². The van der Waals surface area contributed by atoms with Crippen molar-refractivity contribution in [2.75, 3.05) is 11.9 Å². The highest BCUT2D eigenvalue weighted by atomic mass is 32.1. The summed E-state index contributed by atoms with van der Waals surface area (Å²) in [5, 5.41) is 8.51. The quantitative estimate of drug-likeness (QED) is 0.898. The Morgan fingerprint density at radius 3 is 3.05 bits per heavy atom. The first kappa shape index (κ1) is 13.8. The van der Waals surface area contributed by atoms with Crippen LogP contribution in [0, 0.1) is 5.92 Å². The third-order valence-corrected chi connectivity index (χ3v) is 4.74. The number of ether oxygens (including phenoxy) is 1. The van der Waals surface area contributed by atoms with Crippen molar-refractivity contribution in [3.05, 3.63) is 11.1 Å². The van der Waals surface area contributed by atoms with Gasteiger partial charge in [-0.25, -0.2) is 9.78 Å². The topological polar surface area (TPSA) is 63.2 Å². The summed E-state index contributed by atoms with van der Waals surface area (Å²) >= 11 is 1.47. The third kappa shape index (κ3) is 3.49. The van der Waals surface area contributed by atoms with E-state index in [4.69, 9.17) is 4.74 Å². The number of carbonyl (C=O) groups excluding carboxylic acids is 1. The molecular weight excluding hydrogens is 274 g/mol. The second-order valence-corrected chi connectivity index (χ2v) is 6.42. The number of hydrogen-bond acceptors (Lipinski definition) is 4. The average molecular weight is 295 g/mol. The molecule has 3 rings (SSSR count). The van der Waals surface area contributed by atoms with Crippen LogP contribution < -0.4 is 10.6 Å². The Bertz CT molecular complexity index is 473. The number of nitrogens with one attached hydrogen (secondary N) is 2. The van der Waals surface area contributed by atoms with Crippen molar-refractivity contribution in [2.24, 2.45) is 5.92 Å². The largest absolute Gasteiger partial charge is 0.378 e. The summed E-state index contributed by atoms with van der Waals surface area (Å²) < 4.78 is 5.77. The van der Waals surface area contributed by atoms with Gasteiger partial charge in [0.15, 0.2) is 5.13 Å². The Morgan fingerprint density at radius 2 is 2.35 bits per heavy atom. The maximum atomic E-state index is 12.0. The predicted octanol–water partition coefficient (Wildman–Crippen LogP) is 2.78. The fourth-order valence-corrected chi connectivity index (χ4v) is 3.39. The van der Waals surface area contributed by atoms with Crippen LogP contribution in [0.15, 0.2) is 5.38 Å². The molecule has 0 aromatic carbocycles. The Hall–Kier alpha value is -1.14. The second kappa shape index (κ2) is 6.10. The Kier molecular flexibility index (Phi) is 4.21. The number of aryl methyl sites for hydroxylation is 1. The molecule has 0 spiro atoms. The highest BCUT2D eigenvalue weighted by Gasteiger charge is 2.36. The molecule has 2 heterocycles. The Morgan fingerprint density at radius 1 is 1.50 bits per heavy atom. The zero-order chi connectivity index (χ0) is 13.9. The van der Waals surface area contributed by atoms with Gasteiger partial charge in [-0.15, -0.1) is 11.3 Å². The van der Waals surface area contributed by atoms with E-state index in [1.54, 1.807) is 0 Å². The number of hydrogen-bond donors (Lipinski definition) is 2.